The highest BCUT2D eigenvalue weighted by atomic mass is 32.1. The maximum Gasteiger partial charge on any atom is 0.328 e. The Kier molecular flexibility index (Phi) is 4.55. The summed E-state index contributed by atoms with van der Waals surface area (Å²) >= 11 is 4.32. The van der Waals surface area contributed by atoms with Crippen LogP contribution < -0.4 is 0 Å². The Hall–Kier alpha value is -1.51. The third kappa shape index (κ3) is 3.94. The zero-order valence-electron chi connectivity index (χ0n) is 7.47. The second-order valence-electron chi connectivity index (χ2n) is 2.55. The average molecular weight is 207 g/mol. The van der Waals surface area contributed by atoms with Crippen molar-refractivity contribution in [2.75, 3.05) is 6.54 Å². The summed E-state index contributed by atoms with van der Waals surface area (Å²) in [6.45, 7) is 0.211. The summed E-state index contributed by atoms with van der Waals surface area (Å²) in [6, 6.07) is 9.45. The largest absolute Gasteiger partial charge is 0.459 e. The van der Waals surface area contributed by atoms with Gasteiger partial charge in [0.15, 0.2) is 0 Å². The molecule has 0 atom stereocenters. The van der Waals surface area contributed by atoms with Gasteiger partial charge in [0.2, 0.25) is 0 Å². The molecule has 0 fully saturated rings. The molecule has 0 aromatic heterocycles. The Morgan fingerprint density at radius 3 is 2.79 bits per heavy atom. The molecule has 1 aromatic carbocycles. The number of carbonyl (C=O) groups is 1. The van der Waals surface area contributed by atoms with Crippen molar-refractivity contribution in [3.8, 4) is 0 Å². The maximum absolute atomic E-state index is 11.0. The van der Waals surface area contributed by atoms with Crippen LogP contribution in [0.2, 0.25) is 0 Å². The predicted molar refractivity (Wildman–Crippen MR) is 56.1 cm³/mol. The first-order valence-corrected chi connectivity index (χ1v) is 4.47. The molecular formula is C10H9NO2S. The fourth-order valence-electron chi connectivity index (χ4n) is 0.881. The molecule has 4 heteroatoms. The molecule has 72 valence electrons. The predicted octanol–water partition coefficient (Wildman–Crippen LogP) is 1.83. The zero-order chi connectivity index (χ0) is 10.2. The molecule has 0 spiro atoms. The molecular weight excluding hydrogens is 198 g/mol. The van der Waals surface area contributed by atoms with Gasteiger partial charge in [0, 0.05) is 0 Å². The summed E-state index contributed by atoms with van der Waals surface area (Å²) in [5.41, 5.74) is 0.951. The van der Waals surface area contributed by atoms with Gasteiger partial charge >= 0.3 is 5.97 Å². The van der Waals surface area contributed by atoms with Gasteiger partial charge < -0.3 is 4.74 Å². The van der Waals surface area contributed by atoms with Crippen LogP contribution in [0.5, 0.6) is 0 Å². The Bertz CT molecular complexity index is 344. The molecule has 0 aliphatic carbocycles. The van der Waals surface area contributed by atoms with Gasteiger partial charge in [-0.25, -0.2) is 4.99 Å². The number of hydrogen-bond donors (Lipinski definition) is 0. The molecule has 0 radical (unpaired) electrons. The van der Waals surface area contributed by atoms with Gasteiger partial charge in [-0.1, -0.05) is 30.3 Å². The quantitative estimate of drug-likeness (QED) is 0.429. The van der Waals surface area contributed by atoms with Crippen LogP contribution in [0.3, 0.4) is 0 Å². The summed E-state index contributed by atoms with van der Waals surface area (Å²) in [4.78, 5) is 14.4. The first-order valence-electron chi connectivity index (χ1n) is 4.06. The molecule has 1 aromatic rings. The number of thiocarbonyl (C=S) groups is 1. The van der Waals surface area contributed by atoms with Crippen LogP contribution in [0, 0.1) is 0 Å². The fraction of sp³-hybridized carbons (Fsp3) is 0.200. The minimum Gasteiger partial charge on any atom is -0.459 e. The van der Waals surface area contributed by atoms with Crippen molar-refractivity contribution in [2.45, 2.75) is 6.61 Å². The van der Waals surface area contributed by atoms with E-state index in [9.17, 15) is 4.79 Å². The van der Waals surface area contributed by atoms with Crippen LogP contribution in [0.4, 0.5) is 0 Å². The third-order valence-corrected chi connectivity index (χ3v) is 1.64. The van der Waals surface area contributed by atoms with Crippen LogP contribution in [-0.2, 0) is 16.1 Å². The van der Waals surface area contributed by atoms with E-state index in [0.29, 0.717) is 0 Å². The van der Waals surface area contributed by atoms with Crippen LogP contribution >= 0.6 is 12.2 Å². The van der Waals surface area contributed by atoms with Gasteiger partial charge in [-0.2, -0.15) is 0 Å². The summed E-state index contributed by atoms with van der Waals surface area (Å²) in [6.07, 6.45) is 0. The highest BCUT2D eigenvalue weighted by molar-refractivity contribution is 7.78. The minimum atomic E-state index is -0.397. The van der Waals surface area contributed by atoms with Crippen molar-refractivity contribution in [1.29, 1.82) is 0 Å². The summed E-state index contributed by atoms with van der Waals surface area (Å²) in [7, 11) is 0. The van der Waals surface area contributed by atoms with E-state index >= 15 is 0 Å². The molecule has 0 bridgehead atoms. The molecule has 0 saturated heterocycles. The van der Waals surface area contributed by atoms with Gasteiger partial charge in [0.05, 0.1) is 5.16 Å². The van der Waals surface area contributed by atoms with E-state index in [1.165, 1.54) is 0 Å². The molecule has 0 heterocycles. The second kappa shape index (κ2) is 6.02. The van der Waals surface area contributed by atoms with Crippen molar-refractivity contribution in [1.82, 2.24) is 0 Å². The number of hydrogen-bond acceptors (Lipinski definition) is 4. The topological polar surface area (TPSA) is 38.7 Å². The van der Waals surface area contributed by atoms with Gasteiger partial charge in [0.1, 0.15) is 13.2 Å². The molecule has 0 unspecified atom stereocenters. The van der Waals surface area contributed by atoms with Crippen molar-refractivity contribution in [3.05, 3.63) is 35.9 Å². The van der Waals surface area contributed by atoms with E-state index in [1.54, 1.807) is 0 Å². The van der Waals surface area contributed by atoms with Gasteiger partial charge in [0.25, 0.3) is 0 Å². The molecule has 14 heavy (non-hydrogen) atoms. The zero-order valence-corrected chi connectivity index (χ0v) is 8.29. The van der Waals surface area contributed by atoms with Crippen molar-refractivity contribution in [2.24, 2.45) is 4.99 Å². The van der Waals surface area contributed by atoms with Crippen LogP contribution in [-0.4, -0.2) is 17.7 Å². The number of isothiocyanates is 1. The molecule has 0 aliphatic rings. The van der Waals surface area contributed by atoms with E-state index in [1.807, 2.05) is 30.3 Å². The molecule has 0 N–H and O–H groups in total. The van der Waals surface area contributed by atoms with E-state index in [4.69, 9.17) is 4.74 Å². The summed E-state index contributed by atoms with van der Waals surface area (Å²) in [5.74, 6) is -0.397. The van der Waals surface area contributed by atoms with Crippen LogP contribution in [0.1, 0.15) is 5.56 Å². The van der Waals surface area contributed by atoms with Gasteiger partial charge in [-0.05, 0) is 17.8 Å². The Morgan fingerprint density at radius 2 is 2.14 bits per heavy atom. The van der Waals surface area contributed by atoms with Gasteiger partial charge in [-0.3, -0.25) is 4.79 Å². The van der Waals surface area contributed by atoms with E-state index in [0.717, 1.165) is 5.56 Å². The van der Waals surface area contributed by atoms with Crippen LogP contribution in [0.25, 0.3) is 0 Å². The second-order valence-corrected chi connectivity index (χ2v) is 2.74. The third-order valence-electron chi connectivity index (χ3n) is 1.52. The SMILES string of the molecule is O=C(CN=C=S)OCc1ccccc1. The molecule has 1 rings (SSSR count). The standard InChI is InChI=1S/C10H9NO2S/c12-10(6-11-8-14)13-7-9-4-2-1-3-5-9/h1-5H,6-7H2. The lowest BCUT2D eigenvalue weighted by atomic mass is 10.2. The average Bonchev–Trinajstić information content (AvgIpc) is 2.25. The Morgan fingerprint density at radius 1 is 1.43 bits per heavy atom. The number of esters is 1. The first kappa shape index (κ1) is 10.6. The van der Waals surface area contributed by atoms with E-state index < -0.39 is 5.97 Å². The highest BCUT2D eigenvalue weighted by Crippen LogP contribution is 2.00. The number of benzene rings is 1. The Labute approximate surface area is 87.4 Å². The minimum absolute atomic E-state index is 0.0592. The molecule has 0 amide bonds. The van der Waals surface area contributed by atoms with Crippen molar-refractivity contribution < 1.29 is 9.53 Å². The monoisotopic (exact) mass is 207 g/mol. The number of ether oxygens (including phenoxy) is 1. The Balaban J connectivity index is 2.34. The van der Waals surface area contributed by atoms with Crippen LogP contribution in [0.15, 0.2) is 35.3 Å². The summed E-state index contributed by atoms with van der Waals surface area (Å²) in [5, 5.41) is 2.10. The van der Waals surface area contributed by atoms with Gasteiger partial charge in [-0.15, -0.1) is 0 Å². The summed E-state index contributed by atoms with van der Waals surface area (Å²) < 4.78 is 4.91. The number of carbonyl (C=O) groups excluding carboxylic acids is 1. The van der Waals surface area contributed by atoms with Crippen molar-refractivity contribution >= 4 is 23.3 Å². The lowest BCUT2D eigenvalue weighted by Crippen LogP contribution is -2.07. The normalized spacial score (nSPS) is 8.86. The van der Waals surface area contributed by atoms with E-state index in [2.05, 4.69) is 22.4 Å². The lowest BCUT2D eigenvalue weighted by Gasteiger charge is -2.01. The molecule has 0 aliphatic heterocycles. The van der Waals surface area contributed by atoms with E-state index in [-0.39, 0.29) is 13.2 Å². The highest BCUT2D eigenvalue weighted by Gasteiger charge is 2.00. The number of nitrogens with zero attached hydrogens (tertiary/aromatic N) is 1. The lowest BCUT2D eigenvalue weighted by molar-refractivity contribution is -0.143. The molecule has 0 saturated carbocycles. The number of rotatable bonds is 4. The fourth-order valence-corrected chi connectivity index (χ4v) is 0.945. The van der Waals surface area contributed by atoms with Crippen molar-refractivity contribution in [3.63, 3.8) is 0 Å². The molecule has 3 nitrogen and oxygen atoms in total. The maximum atomic E-state index is 11.0. The smallest absolute Gasteiger partial charge is 0.328 e. The first-order chi connectivity index (χ1) is 6.83. The number of aliphatic imine (C=N–C) groups is 1.